The van der Waals surface area contributed by atoms with Gasteiger partial charge in [0.25, 0.3) is 0 Å². The third-order valence-electron chi connectivity index (χ3n) is 2.01. The zero-order valence-electron chi connectivity index (χ0n) is 5.30. The molecule has 3 heteroatoms. The van der Waals surface area contributed by atoms with E-state index in [0.29, 0.717) is 12.0 Å². The van der Waals surface area contributed by atoms with E-state index in [-0.39, 0.29) is 0 Å². The van der Waals surface area contributed by atoms with E-state index in [0.717, 1.165) is 26.2 Å². The van der Waals surface area contributed by atoms with Gasteiger partial charge in [0.15, 0.2) is 0 Å². The SMILES string of the molecule is C1CC2NOCC2CO1. The average molecular weight is 129 g/mol. The van der Waals surface area contributed by atoms with Gasteiger partial charge in [-0.2, -0.15) is 5.48 Å². The van der Waals surface area contributed by atoms with Crippen molar-refractivity contribution in [2.75, 3.05) is 19.8 Å². The number of fused-ring (bicyclic) bond motifs is 1. The normalized spacial score (nSPS) is 42.7. The van der Waals surface area contributed by atoms with Gasteiger partial charge >= 0.3 is 0 Å². The zero-order valence-corrected chi connectivity index (χ0v) is 5.30. The van der Waals surface area contributed by atoms with Gasteiger partial charge in [-0.05, 0) is 6.42 Å². The molecule has 9 heavy (non-hydrogen) atoms. The van der Waals surface area contributed by atoms with Crippen LogP contribution in [0.15, 0.2) is 0 Å². The number of hydrogen-bond donors (Lipinski definition) is 1. The highest BCUT2D eigenvalue weighted by Gasteiger charge is 2.30. The molecule has 0 bridgehead atoms. The molecule has 0 amide bonds. The van der Waals surface area contributed by atoms with Gasteiger partial charge in [-0.15, -0.1) is 0 Å². The lowest BCUT2D eigenvalue weighted by Gasteiger charge is -2.22. The monoisotopic (exact) mass is 129 g/mol. The second-order valence-electron chi connectivity index (χ2n) is 2.66. The molecule has 52 valence electrons. The molecule has 2 fully saturated rings. The molecular formula is C6H11NO2. The van der Waals surface area contributed by atoms with Crippen molar-refractivity contribution in [3.8, 4) is 0 Å². The summed E-state index contributed by atoms with van der Waals surface area (Å²) >= 11 is 0. The van der Waals surface area contributed by atoms with Crippen molar-refractivity contribution in [2.24, 2.45) is 5.92 Å². The molecule has 0 spiro atoms. The number of hydrogen-bond acceptors (Lipinski definition) is 3. The van der Waals surface area contributed by atoms with Gasteiger partial charge in [-0.25, -0.2) is 0 Å². The van der Waals surface area contributed by atoms with Crippen LogP contribution < -0.4 is 5.48 Å². The van der Waals surface area contributed by atoms with Gasteiger partial charge in [0.05, 0.1) is 13.2 Å². The smallest absolute Gasteiger partial charge is 0.0748 e. The third-order valence-corrected chi connectivity index (χ3v) is 2.01. The lowest BCUT2D eigenvalue weighted by atomic mass is 9.99. The molecule has 3 nitrogen and oxygen atoms in total. The van der Waals surface area contributed by atoms with Crippen LogP contribution in [-0.4, -0.2) is 25.9 Å². The highest BCUT2D eigenvalue weighted by atomic mass is 16.7. The van der Waals surface area contributed by atoms with Crippen molar-refractivity contribution in [1.82, 2.24) is 5.48 Å². The van der Waals surface area contributed by atoms with Gasteiger partial charge in [0, 0.05) is 18.6 Å². The highest BCUT2D eigenvalue weighted by Crippen LogP contribution is 2.18. The summed E-state index contributed by atoms with van der Waals surface area (Å²) in [6, 6.07) is 0.568. The molecule has 2 aliphatic rings. The van der Waals surface area contributed by atoms with Crippen molar-refractivity contribution in [3.63, 3.8) is 0 Å². The maximum absolute atomic E-state index is 5.26. The highest BCUT2D eigenvalue weighted by molar-refractivity contribution is 4.80. The quantitative estimate of drug-likeness (QED) is 0.496. The molecule has 2 aliphatic heterocycles. The minimum Gasteiger partial charge on any atom is -0.381 e. The minimum atomic E-state index is 0.568. The second-order valence-corrected chi connectivity index (χ2v) is 2.66. The van der Waals surface area contributed by atoms with Crippen molar-refractivity contribution in [3.05, 3.63) is 0 Å². The van der Waals surface area contributed by atoms with Gasteiger partial charge < -0.3 is 9.57 Å². The third kappa shape index (κ3) is 0.956. The minimum absolute atomic E-state index is 0.568. The number of rotatable bonds is 0. The molecule has 0 saturated carbocycles. The first-order valence-electron chi connectivity index (χ1n) is 3.42. The van der Waals surface area contributed by atoms with Crippen LogP contribution in [0.3, 0.4) is 0 Å². The van der Waals surface area contributed by atoms with Crippen LogP contribution >= 0.6 is 0 Å². The summed E-state index contributed by atoms with van der Waals surface area (Å²) in [7, 11) is 0. The standard InChI is InChI=1S/C6H11NO2/c1-2-8-3-5-4-9-7-6(1)5/h5-7H,1-4H2. The predicted octanol–water partition coefficient (Wildman–Crippen LogP) is -0.0737. The second kappa shape index (κ2) is 2.25. The van der Waals surface area contributed by atoms with Gasteiger partial charge in [-0.3, -0.25) is 0 Å². The van der Waals surface area contributed by atoms with Crippen LogP contribution in [0.2, 0.25) is 0 Å². The summed E-state index contributed by atoms with van der Waals surface area (Å²) in [6.07, 6.45) is 1.10. The zero-order chi connectivity index (χ0) is 6.10. The fourth-order valence-corrected chi connectivity index (χ4v) is 1.38. The van der Waals surface area contributed by atoms with Crippen molar-refractivity contribution < 1.29 is 9.57 Å². The maximum atomic E-state index is 5.26. The van der Waals surface area contributed by atoms with Crippen LogP contribution in [0, 0.1) is 5.92 Å². The first-order chi connectivity index (χ1) is 4.47. The molecule has 2 rings (SSSR count). The van der Waals surface area contributed by atoms with E-state index in [9.17, 15) is 0 Å². The van der Waals surface area contributed by atoms with Crippen LogP contribution in [0.25, 0.3) is 0 Å². The molecule has 0 aromatic rings. The van der Waals surface area contributed by atoms with Crippen molar-refractivity contribution >= 4 is 0 Å². The van der Waals surface area contributed by atoms with E-state index in [1.165, 1.54) is 0 Å². The molecular weight excluding hydrogens is 118 g/mol. The fraction of sp³-hybridized carbons (Fsp3) is 1.00. The fourth-order valence-electron chi connectivity index (χ4n) is 1.38. The number of nitrogens with one attached hydrogen (secondary N) is 1. The van der Waals surface area contributed by atoms with Crippen LogP contribution in [0.5, 0.6) is 0 Å². The number of hydroxylamine groups is 1. The Hall–Kier alpha value is -0.120. The Kier molecular flexibility index (Phi) is 1.41. The predicted molar refractivity (Wildman–Crippen MR) is 31.8 cm³/mol. The Bertz CT molecular complexity index is 95.2. The van der Waals surface area contributed by atoms with E-state index < -0.39 is 0 Å². The Morgan fingerprint density at radius 1 is 1.33 bits per heavy atom. The molecule has 1 N–H and O–H groups in total. The Balaban J connectivity index is 1.97. The molecule has 2 unspecified atom stereocenters. The molecule has 0 aliphatic carbocycles. The maximum Gasteiger partial charge on any atom is 0.0748 e. The first-order valence-corrected chi connectivity index (χ1v) is 3.42. The summed E-state index contributed by atoms with van der Waals surface area (Å²) in [5.74, 6) is 0.610. The van der Waals surface area contributed by atoms with Crippen LogP contribution in [0.4, 0.5) is 0 Å². The van der Waals surface area contributed by atoms with E-state index >= 15 is 0 Å². The Morgan fingerprint density at radius 2 is 2.33 bits per heavy atom. The summed E-state index contributed by atoms with van der Waals surface area (Å²) in [6.45, 7) is 2.58. The number of ether oxygens (including phenoxy) is 1. The summed E-state index contributed by atoms with van der Waals surface area (Å²) < 4.78 is 5.26. The Morgan fingerprint density at radius 3 is 3.22 bits per heavy atom. The van der Waals surface area contributed by atoms with E-state index in [2.05, 4.69) is 5.48 Å². The Labute approximate surface area is 54.3 Å². The van der Waals surface area contributed by atoms with Crippen molar-refractivity contribution in [1.29, 1.82) is 0 Å². The summed E-state index contributed by atoms with van der Waals surface area (Å²) in [5, 5.41) is 0. The molecule has 2 heterocycles. The van der Waals surface area contributed by atoms with E-state index in [4.69, 9.17) is 9.57 Å². The van der Waals surface area contributed by atoms with Crippen LogP contribution in [-0.2, 0) is 9.57 Å². The molecule has 2 saturated heterocycles. The molecule has 2 atom stereocenters. The average Bonchev–Trinajstić information content (AvgIpc) is 2.33. The molecule has 0 aromatic heterocycles. The topological polar surface area (TPSA) is 30.5 Å². The van der Waals surface area contributed by atoms with Gasteiger partial charge in [0.1, 0.15) is 0 Å². The lowest BCUT2D eigenvalue weighted by molar-refractivity contribution is 0.0514. The van der Waals surface area contributed by atoms with E-state index in [1.807, 2.05) is 0 Å². The lowest BCUT2D eigenvalue weighted by Crippen LogP contribution is -2.35. The van der Waals surface area contributed by atoms with Gasteiger partial charge in [0.2, 0.25) is 0 Å². The van der Waals surface area contributed by atoms with Crippen molar-refractivity contribution in [2.45, 2.75) is 12.5 Å². The molecule has 0 radical (unpaired) electrons. The largest absolute Gasteiger partial charge is 0.381 e. The molecule has 0 aromatic carbocycles. The van der Waals surface area contributed by atoms with Gasteiger partial charge in [-0.1, -0.05) is 0 Å². The first kappa shape index (κ1) is 5.65. The van der Waals surface area contributed by atoms with E-state index in [1.54, 1.807) is 0 Å². The van der Waals surface area contributed by atoms with Crippen LogP contribution in [0.1, 0.15) is 6.42 Å². The summed E-state index contributed by atoms with van der Waals surface area (Å²) in [5.41, 5.74) is 2.98. The summed E-state index contributed by atoms with van der Waals surface area (Å²) in [4.78, 5) is 5.06.